The SMILES string of the molecule is C#[N+][C@@]1(NC(=O)c2nnc(CCc3ccc(Cl)cc3)s2)CC(=O)N(c2ccc(CN3CCC(C)(O)CC3)cc2)C1. The van der Waals surface area contributed by atoms with E-state index in [4.69, 9.17) is 18.2 Å². The minimum Gasteiger partial charge on any atom is -0.390 e. The summed E-state index contributed by atoms with van der Waals surface area (Å²) in [5, 5.41) is 22.8. The molecule has 2 amide bonds. The number of rotatable bonds is 8. The van der Waals surface area contributed by atoms with Gasteiger partial charge >= 0.3 is 5.66 Å². The van der Waals surface area contributed by atoms with Crippen molar-refractivity contribution in [2.45, 2.75) is 56.8 Å². The van der Waals surface area contributed by atoms with Crippen molar-refractivity contribution >= 4 is 40.4 Å². The molecule has 2 fully saturated rings. The van der Waals surface area contributed by atoms with E-state index in [1.807, 2.05) is 55.5 Å². The molecule has 3 aromatic rings. The Kier molecular flexibility index (Phi) is 8.19. The maximum absolute atomic E-state index is 13.0. The van der Waals surface area contributed by atoms with Crippen molar-refractivity contribution < 1.29 is 14.7 Å². The molecule has 0 bridgehead atoms. The lowest BCUT2D eigenvalue weighted by Gasteiger charge is -2.35. The van der Waals surface area contributed by atoms with E-state index >= 15 is 0 Å². The molecule has 208 valence electrons. The maximum Gasteiger partial charge on any atom is 0.382 e. The Morgan fingerprint density at radius 3 is 2.45 bits per heavy atom. The van der Waals surface area contributed by atoms with E-state index in [0.717, 1.165) is 60.7 Å². The summed E-state index contributed by atoms with van der Waals surface area (Å²) in [6.07, 6.45) is 2.85. The fourth-order valence-electron chi connectivity index (χ4n) is 5.03. The maximum atomic E-state index is 13.0. The summed E-state index contributed by atoms with van der Waals surface area (Å²) < 4.78 is 0. The topological polar surface area (TPSA) is 103 Å². The number of aromatic nitrogens is 2. The van der Waals surface area contributed by atoms with E-state index in [-0.39, 0.29) is 23.9 Å². The summed E-state index contributed by atoms with van der Waals surface area (Å²) in [5.41, 5.74) is 1.12. The van der Waals surface area contributed by atoms with Crippen molar-refractivity contribution in [1.82, 2.24) is 20.4 Å². The van der Waals surface area contributed by atoms with Crippen LogP contribution < -0.4 is 10.2 Å². The second-order valence-electron chi connectivity index (χ2n) is 10.8. The van der Waals surface area contributed by atoms with Crippen LogP contribution in [0, 0.1) is 6.57 Å². The first-order valence-electron chi connectivity index (χ1n) is 13.3. The molecular formula is C29H32ClN6O3S+. The molecule has 0 saturated carbocycles. The number of amides is 2. The van der Waals surface area contributed by atoms with Gasteiger partial charge in [-0.3, -0.25) is 19.8 Å². The molecule has 40 heavy (non-hydrogen) atoms. The predicted molar refractivity (Wildman–Crippen MR) is 156 cm³/mol. The van der Waals surface area contributed by atoms with Crippen LogP contribution in [0.3, 0.4) is 0 Å². The number of aliphatic hydroxyl groups is 1. The first-order chi connectivity index (χ1) is 19.1. The Morgan fingerprint density at radius 1 is 1.10 bits per heavy atom. The van der Waals surface area contributed by atoms with Gasteiger partial charge in [0.25, 0.3) is 12.5 Å². The fourth-order valence-corrected chi connectivity index (χ4v) is 5.90. The molecule has 0 spiro atoms. The molecule has 11 heteroatoms. The van der Waals surface area contributed by atoms with Crippen molar-refractivity contribution in [2.75, 3.05) is 24.5 Å². The number of aryl methyl sites for hydroxylation is 2. The third-order valence-electron chi connectivity index (χ3n) is 7.55. The van der Waals surface area contributed by atoms with Crippen molar-refractivity contribution in [1.29, 1.82) is 0 Å². The summed E-state index contributed by atoms with van der Waals surface area (Å²) in [6, 6.07) is 15.4. The second kappa shape index (κ2) is 11.6. The third-order valence-corrected chi connectivity index (χ3v) is 8.78. The number of benzene rings is 2. The number of likely N-dealkylation sites (tertiary alicyclic amines) is 1. The summed E-state index contributed by atoms with van der Waals surface area (Å²) in [4.78, 5) is 33.8. The standard InChI is InChI=1S/C29H31ClN6O3S/c1-28(39)13-15-35(16-14-28)18-21-5-10-23(11-6-21)36-19-29(31-2,17-25(36)37)32-26(38)27-34-33-24(40-27)12-7-20-3-8-22(30)9-4-20/h2-6,8-11,39H,7,12-19H2,1H3/p+1/t29-/m1/s1. The third kappa shape index (κ3) is 6.67. The van der Waals surface area contributed by atoms with Gasteiger partial charge in [0.2, 0.25) is 10.9 Å². The van der Waals surface area contributed by atoms with Gasteiger partial charge in [-0.25, -0.2) is 0 Å². The lowest BCUT2D eigenvalue weighted by Crippen LogP contribution is -2.48. The highest BCUT2D eigenvalue weighted by atomic mass is 35.5. The van der Waals surface area contributed by atoms with Gasteiger partial charge in [-0.2, -0.15) is 0 Å². The van der Waals surface area contributed by atoms with Gasteiger partial charge in [0, 0.05) is 36.8 Å². The van der Waals surface area contributed by atoms with Gasteiger partial charge in [-0.15, -0.1) is 10.2 Å². The Balaban J connectivity index is 1.18. The van der Waals surface area contributed by atoms with E-state index in [0.29, 0.717) is 11.4 Å². The molecular weight excluding hydrogens is 548 g/mol. The molecule has 0 aliphatic carbocycles. The Morgan fingerprint density at radius 2 is 1.77 bits per heavy atom. The lowest BCUT2D eigenvalue weighted by atomic mass is 9.93. The van der Waals surface area contributed by atoms with Crippen LogP contribution in [-0.4, -0.2) is 62.9 Å². The zero-order chi connectivity index (χ0) is 28.3. The Hall–Kier alpha value is -3.36. The van der Waals surface area contributed by atoms with Gasteiger partial charge in [-0.05, 0) is 61.6 Å². The molecule has 9 nitrogen and oxygen atoms in total. The number of carbonyl (C=O) groups excluding carboxylic acids is 2. The number of nitrogens with zero attached hydrogens (tertiary/aromatic N) is 5. The van der Waals surface area contributed by atoms with Crippen molar-refractivity contribution in [2.24, 2.45) is 0 Å². The average molecular weight is 580 g/mol. The molecule has 3 heterocycles. The van der Waals surface area contributed by atoms with Crippen LogP contribution in [0.5, 0.6) is 0 Å². The molecule has 2 aliphatic rings. The minimum absolute atomic E-state index is 0.0487. The summed E-state index contributed by atoms with van der Waals surface area (Å²) in [6.45, 7) is 10.2. The lowest BCUT2D eigenvalue weighted by molar-refractivity contribution is -0.117. The number of halogens is 1. The number of hydrogen-bond acceptors (Lipinski definition) is 7. The highest BCUT2D eigenvalue weighted by molar-refractivity contribution is 7.13. The van der Waals surface area contributed by atoms with Gasteiger partial charge in [0.15, 0.2) is 0 Å². The molecule has 5 rings (SSSR count). The quantitative estimate of drug-likeness (QED) is 0.416. The summed E-state index contributed by atoms with van der Waals surface area (Å²) in [7, 11) is 0. The number of nitrogens with one attached hydrogen (secondary N) is 1. The van der Waals surface area contributed by atoms with E-state index in [1.54, 1.807) is 4.90 Å². The summed E-state index contributed by atoms with van der Waals surface area (Å²) in [5.74, 6) is -0.642. The van der Waals surface area contributed by atoms with Crippen LogP contribution >= 0.6 is 22.9 Å². The highest BCUT2D eigenvalue weighted by Gasteiger charge is 2.54. The van der Waals surface area contributed by atoms with Crippen LogP contribution in [0.25, 0.3) is 4.85 Å². The van der Waals surface area contributed by atoms with Crippen molar-refractivity contribution in [3.05, 3.63) is 79.5 Å². The minimum atomic E-state index is -1.26. The second-order valence-corrected chi connectivity index (χ2v) is 12.3. The van der Waals surface area contributed by atoms with Crippen LogP contribution in [0.4, 0.5) is 5.69 Å². The summed E-state index contributed by atoms with van der Waals surface area (Å²) >= 11 is 7.16. The van der Waals surface area contributed by atoms with E-state index in [2.05, 4.69) is 25.3 Å². The first-order valence-corrected chi connectivity index (χ1v) is 14.5. The average Bonchev–Trinajstić information content (AvgIpc) is 3.55. The van der Waals surface area contributed by atoms with Crippen LogP contribution in [-0.2, 0) is 24.2 Å². The molecule has 2 N–H and O–H groups in total. The molecule has 2 aliphatic heterocycles. The van der Waals surface area contributed by atoms with Gasteiger partial charge in [-0.1, -0.05) is 52.0 Å². The van der Waals surface area contributed by atoms with Gasteiger partial charge in [0.1, 0.15) is 18.0 Å². The van der Waals surface area contributed by atoms with E-state index < -0.39 is 17.2 Å². The Labute approximate surface area is 242 Å². The van der Waals surface area contributed by atoms with E-state index in [9.17, 15) is 14.7 Å². The number of carbonyl (C=O) groups is 2. The van der Waals surface area contributed by atoms with Gasteiger partial charge in [0.05, 0.1) is 5.60 Å². The molecule has 2 aromatic carbocycles. The monoisotopic (exact) mass is 579 g/mol. The number of anilines is 1. The molecule has 0 radical (unpaired) electrons. The highest BCUT2D eigenvalue weighted by Crippen LogP contribution is 2.30. The molecule has 1 atom stereocenters. The number of hydrogen-bond donors (Lipinski definition) is 2. The zero-order valence-corrected chi connectivity index (χ0v) is 23.9. The molecule has 2 saturated heterocycles. The van der Waals surface area contributed by atoms with Crippen LogP contribution in [0.1, 0.15) is 52.1 Å². The van der Waals surface area contributed by atoms with E-state index in [1.165, 1.54) is 11.3 Å². The Bertz CT molecular complexity index is 1410. The normalized spacial score (nSPS) is 20.9. The van der Waals surface area contributed by atoms with Crippen molar-refractivity contribution in [3.63, 3.8) is 0 Å². The number of piperidine rings is 1. The smallest absolute Gasteiger partial charge is 0.382 e. The zero-order valence-electron chi connectivity index (χ0n) is 22.3. The largest absolute Gasteiger partial charge is 0.390 e. The fraction of sp³-hybridized carbons (Fsp3) is 0.414. The first kappa shape index (κ1) is 28.2. The van der Waals surface area contributed by atoms with Crippen LogP contribution in [0.2, 0.25) is 5.02 Å². The van der Waals surface area contributed by atoms with Gasteiger partial charge < -0.3 is 10.0 Å². The molecule has 0 unspecified atom stereocenters. The molecule has 1 aromatic heterocycles. The van der Waals surface area contributed by atoms with Crippen molar-refractivity contribution in [3.8, 4) is 6.57 Å². The van der Waals surface area contributed by atoms with Crippen LogP contribution in [0.15, 0.2) is 48.5 Å². The predicted octanol–water partition coefficient (Wildman–Crippen LogP) is 4.15.